The van der Waals surface area contributed by atoms with E-state index in [1.54, 1.807) is 19.2 Å². The number of nitrogens with one attached hydrogen (secondary N) is 1. The fraction of sp³-hybridized carbons (Fsp3) is 0.429. The molecule has 0 saturated carbocycles. The van der Waals surface area contributed by atoms with Gasteiger partial charge in [0.1, 0.15) is 0 Å². The van der Waals surface area contributed by atoms with Gasteiger partial charge in [0.15, 0.2) is 0 Å². The molecule has 0 aliphatic heterocycles. The molecule has 96 valence electrons. The second-order valence-corrected chi connectivity index (χ2v) is 4.17. The molecule has 1 aromatic carbocycles. The monoisotopic (exact) mass is 246 g/mol. The fourth-order valence-electron chi connectivity index (χ4n) is 1.49. The number of carbonyl (C=O) groups excluding carboxylic acids is 1. The Hall–Kier alpha value is -1.86. The summed E-state index contributed by atoms with van der Waals surface area (Å²) in [7, 11) is 1.63. The Bertz CT molecular complexity index is 438. The van der Waals surface area contributed by atoms with Gasteiger partial charge in [0, 0.05) is 20.1 Å². The topological polar surface area (TPSA) is 62.1 Å². The zero-order valence-electron chi connectivity index (χ0n) is 10.8. The second kappa shape index (κ2) is 7.46. The van der Waals surface area contributed by atoms with Crippen LogP contribution in [0.25, 0.3) is 0 Å². The maximum Gasteiger partial charge on any atom is 0.220 e. The van der Waals surface area contributed by atoms with Crippen molar-refractivity contribution in [3.8, 4) is 6.07 Å². The average molecular weight is 246 g/mol. The predicted molar refractivity (Wildman–Crippen MR) is 68.7 cm³/mol. The molecule has 0 fully saturated rings. The first kappa shape index (κ1) is 14.2. The number of methoxy groups -OCH3 is 1. The zero-order valence-corrected chi connectivity index (χ0v) is 10.8. The van der Waals surface area contributed by atoms with Crippen molar-refractivity contribution in [3.63, 3.8) is 0 Å². The number of hydrogen-bond acceptors (Lipinski definition) is 3. The van der Waals surface area contributed by atoms with E-state index in [1.165, 1.54) is 0 Å². The van der Waals surface area contributed by atoms with Gasteiger partial charge in [-0.25, -0.2) is 0 Å². The van der Waals surface area contributed by atoms with Gasteiger partial charge in [0.2, 0.25) is 5.91 Å². The van der Waals surface area contributed by atoms with E-state index in [0.717, 1.165) is 5.56 Å². The van der Waals surface area contributed by atoms with Crippen molar-refractivity contribution in [3.05, 3.63) is 35.4 Å². The van der Waals surface area contributed by atoms with Crippen molar-refractivity contribution in [2.75, 3.05) is 7.11 Å². The fourth-order valence-corrected chi connectivity index (χ4v) is 1.49. The molecule has 0 heterocycles. The SMILES string of the molecule is COC(C)CCC(=O)NCc1cccc(C#N)c1. The van der Waals surface area contributed by atoms with Crippen LogP contribution in [0, 0.1) is 11.3 Å². The summed E-state index contributed by atoms with van der Waals surface area (Å²) in [6, 6.07) is 9.29. The number of amides is 1. The number of rotatable bonds is 6. The molecule has 4 heteroatoms. The van der Waals surface area contributed by atoms with Crippen LogP contribution >= 0.6 is 0 Å². The van der Waals surface area contributed by atoms with Crippen LogP contribution in [0.3, 0.4) is 0 Å². The maximum atomic E-state index is 11.6. The summed E-state index contributed by atoms with van der Waals surface area (Å²) in [4.78, 5) is 11.6. The minimum absolute atomic E-state index is 0.00117. The third-order valence-corrected chi connectivity index (χ3v) is 2.73. The molecule has 0 aliphatic rings. The van der Waals surface area contributed by atoms with Crippen molar-refractivity contribution < 1.29 is 9.53 Å². The van der Waals surface area contributed by atoms with Gasteiger partial charge in [-0.2, -0.15) is 5.26 Å². The lowest BCUT2D eigenvalue weighted by atomic mass is 10.1. The smallest absolute Gasteiger partial charge is 0.220 e. The van der Waals surface area contributed by atoms with Crippen LogP contribution < -0.4 is 5.32 Å². The van der Waals surface area contributed by atoms with Crippen molar-refractivity contribution in [2.45, 2.75) is 32.4 Å². The Morgan fingerprint density at radius 2 is 2.33 bits per heavy atom. The van der Waals surface area contributed by atoms with Gasteiger partial charge in [-0.1, -0.05) is 12.1 Å². The van der Waals surface area contributed by atoms with E-state index in [2.05, 4.69) is 11.4 Å². The predicted octanol–water partition coefficient (Wildman–Crippen LogP) is 1.99. The lowest BCUT2D eigenvalue weighted by molar-refractivity contribution is -0.121. The largest absolute Gasteiger partial charge is 0.382 e. The Labute approximate surface area is 108 Å². The Kier molecular flexibility index (Phi) is 5.89. The first-order chi connectivity index (χ1) is 8.65. The van der Waals surface area contributed by atoms with Gasteiger partial charge in [0.25, 0.3) is 0 Å². The first-order valence-electron chi connectivity index (χ1n) is 5.94. The molecule has 0 aromatic heterocycles. The third kappa shape index (κ3) is 4.98. The molecule has 1 N–H and O–H groups in total. The zero-order chi connectivity index (χ0) is 13.4. The van der Waals surface area contributed by atoms with Gasteiger partial charge in [0.05, 0.1) is 17.7 Å². The van der Waals surface area contributed by atoms with E-state index < -0.39 is 0 Å². The van der Waals surface area contributed by atoms with E-state index in [4.69, 9.17) is 10.00 Å². The normalized spacial score (nSPS) is 11.6. The number of nitrogens with zero attached hydrogens (tertiary/aromatic N) is 1. The number of hydrogen-bond donors (Lipinski definition) is 1. The molecule has 4 nitrogen and oxygen atoms in total. The van der Waals surface area contributed by atoms with Crippen molar-refractivity contribution in [1.29, 1.82) is 5.26 Å². The third-order valence-electron chi connectivity index (χ3n) is 2.73. The summed E-state index contributed by atoms with van der Waals surface area (Å²) in [5, 5.41) is 11.6. The van der Waals surface area contributed by atoms with Gasteiger partial charge in [-0.05, 0) is 31.0 Å². The highest BCUT2D eigenvalue weighted by atomic mass is 16.5. The summed E-state index contributed by atoms with van der Waals surface area (Å²) in [5.41, 5.74) is 1.54. The van der Waals surface area contributed by atoms with Crippen molar-refractivity contribution in [1.82, 2.24) is 5.32 Å². The highest BCUT2D eigenvalue weighted by molar-refractivity contribution is 5.75. The Morgan fingerprint density at radius 3 is 3.00 bits per heavy atom. The minimum Gasteiger partial charge on any atom is -0.382 e. The van der Waals surface area contributed by atoms with E-state index in [1.807, 2.05) is 19.1 Å². The molecular formula is C14H18N2O2. The molecule has 1 amide bonds. The number of carbonyl (C=O) groups is 1. The van der Waals surface area contributed by atoms with E-state index in [0.29, 0.717) is 24.9 Å². The lowest BCUT2D eigenvalue weighted by Crippen LogP contribution is -2.23. The molecule has 0 bridgehead atoms. The van der Waals surface area contributed by atoms with Crippen LogP contribution in [-0.2, 0) is 16.1 Å². The van der Waals surface area contributed by atoms with E-state index >= 15 is 0 Å². The quantitative estimate of drug-likeness (QED) is 0.835. The van der Waals surface area contributed by atoms with Crippen LogP contribution in [0.2, 0.25) is 0 Å². The van der Waals surface area contributed by atoms with Crippen molar-refractivity contribution in [2.24, 2.45) is 0 Å². The van der Waals surface area contributed by atoms with Crippen LogP contribution in [0.15, 0.2) is 24.3 Å². The van der Waals surface area contributed by atoms with Gasteiger partial charge in [-0.3, -0.25) is 4.79 Å². The Balaban J connectivity index is 2.36. The lowest BCUT2D eigenvalue weighted by Gasteiger charge is -2.09. The molecule has 0 radical (unpaired) electrons. The standard InChI is InChI=1S/C14H18N2O2/c1-11(18-2)6-7-14(17)16-10-13-5-3-4-12(8-13)9-15/h3-5,8,11H,6-7,10H2,1-2H3,(H,16,17). The molecule has 0 spiro atoms. The molecule has 1 rings (SSSR count). The van der Waals surface area contributed by atoms with Crippen LogP contribution in [-0.4, -0.2) is 19.1 Å². The molecule has 0 saturated heterocycles. The number of benzene rings is 1. The molecular weight excluding hydrogens is 228 g/mol. The first-order valence-corrected chi connectivity index (χ1v) is 5.94. The molecule has 1 aromatic rings. The highest BCUT2D eigenvalue weighted by Gasteiger charge is 2.05. The van der Waals surface area contributed by atoms with Gasteiger partial charge >= 0.3 is 0 Å². The number of ether oxygens (including phenoxy) is 1. The van der Waals surface area contributed by atoms with E-state index in [-0.39, 0.29) is 12.0 Å². The van der Waals surface area contributed by atoms with Gasteiger partial charge < -0.3 is 10.1 Å². The van der Waals surface area contributed by atoms with Crippen LogP contribution in [0.4, 0.5) is 0 Å². The van der Waals surface area contributed by atoms with Crippen LogP contribution in [0.5, 0.6) is 0 Å². The minimum atomic E-state index is 0.00117. The summed E-state index contributed by atoms with van der Waals surface area (Å²) in [6.45, 7) is 2.39. The van der Waals surface area contributed by atoms with E-state index in [9.17, 15) is 4.79 Å². The Morgan fingerprint density at radius 1 is 1.56 bits per heavy atom. The van der Waals surface area contributed by atoms with Gasteiger partial charge in [-0.15, -0.1) is 0 Å². The molecule has 1 unspecified atom stereocenters. The highest BCUT2D eigenvalue weighted by Crippen LogP contribution is 2.04. The number of nitriles is 1. The molecule has 1 atom stereocenters. The average Bonchev–Trinajstić information content (AvgIpc) is 2.42. The summed E-state index contributed by atoms with van der Waals surface area (Å²) < 4.78 is 5.08. The molecule has 0 aliphatic carbocycles. The summed E-state index contributed by atoms with van der Waals surface area (Å²) in [6.07, 6.45) is 1.26. The van der Waals surface area contributed by atoms with Crippen LogP contribution in [0.1, 0.15) is 30.9 Å². The molecule has 18 heavy (non-hydrogen) atoms. The summed E-state index contributed by atoms with van der Waals surface area (Å²) in [5.74, 6) is 0.00117. The summed E-state index contributed by atoms with van der Waals surface area (Å²) >= 11 is 0. The second-order valence-electron chi connectivity index (χ2n) is 4.17. The van der Waals surface area contributed by atoms with Crippen molar-refractivity contribution >= 4 is 5.91 Å². The maximum absolute atomic E-state index is 11.6.